The SMILES string of the molecule is CCOC(=O)c1nc(-c2ccc(NC(=O)Nc3ccc(NC(C)=O)nc3)cc2)nc(N)c1OCC. The summed E-state index contributed by atoms with van der Waals surface area (Å²) in [6.45, 7) is 5.26. The lowest BCUT2D eigenvalue weighted by Gasteiger charge is -2.13. The summed E-state index contributed by atoms with van der Waals surface area (Å²) in [4.78, 5) is 48.3. The minimum absolute atomic E-state index is 0.0135. The van der Waals surface area contributed by atoms with Crippen LogP contribution in [0.4, 0.5) is 27.8 Å². The maximum Gasteiger partial charge on any atom is 0.361 e. The highest BCUT2D eigenvalue weighted by Gasteiger charge is 2.22. The molecule has 0 radical (unpaired) electrons. The molecule has 0 unspecified atom stereocenters. The molecule has 0 aliphatic heterocycles. The Hall–Kier alpha value is -4.74. The van der Waals surface area contributed by atoms with Gasteiger partial charge in [0.25, 0.3) is 0 Å². The number of esters is 1. The normalized spacial score (nSPS) is 10.3. The van der Waals surface area contributed by atoms with Gasteiger partial charge in [-0.3, -0.25) is 4.79 Å². The smallest absolute Gasteiger partial charge is 0.361 e. The van der Waals surface area contributed by atoms with Gasteiger partial charge in [0.2, 0.25) is 5.91 Å². The first kappa shape index (κ1) is 24.9. The number of nitrogens with zero attached hydrogens (tertiary/aromatic N) is 3. The van der Waals surface area contributed by atoms with Crippen LogP contribution in [-0.4, -0.2) is 46.1 Å². The van der Waals surface area contributed by atoms with E-state index < -0.39 is 12.0 Å². The largest absolute Gasteiger partial charge is 0.488 e. The number of hydrogen-bond donors (Lipinski definition) is 4. The maximum absolute atomic E-state index is 12.3. The number of nitrogens with one attached hydrogen (secondary N) is 3. The summed E-state index contributed by atoms with van der Waals surface area (Å²) >= 11 is 0. The number of pyridine rings is 1. The van der Waals surface area contributed by atoms with Crippen molar-refractivity contribution in [3.05, 3.63) is 48.3 Å². The molecule has 0 aliphatic rings. The molecule has 3 aromatic rings. The van der Waals surface area contributed by atoms with Crippen LogP contribution in [0.1, 0.15) is 31.3 Å². The van der Waals surface area contributed by atoms with Gasteiger partial charge in [-0.1, -0.05) is 0 Å². The highest BCUT2D eigenvalue weighted by molar-refractivity contribution is 6.00. The van der Waals surface area contributed by atoms with Crippen LogP contribution in [-0.2, 0) is 9.53 Å². The Bertz CT molecular complexity index is 1210. The number of anilines is 4. The van der Waals surface area contributed by atoms with Gasteiger partial charge in [0.1, 0.15) is 5.82 Å². The number of carbonyl (C=O) groups excluding carboxylic acids is 3. The number of urea groups is 1. The first-order chi connectivity index (χ1) is 16.8. The summed E-state index contributed by atoms with van der Waals surface area (Å²) in [5, 5.41) is 7.88. The molecule has 0 atom stereocenters. The molecule has 0 spiro atoms. The van der Waals surface area contributed by atoms with E-state index in [0.29, 0.717) is 22.8 Å². The molecule has 182 valence electrons. The molecule has 35 heavy (non-hydrogen) atoms. The van der Waals surface area contributed by atoms with Crippen LogP contribution in [0.25, 0.3) is 11.4 Å². The molecule has 0 bridgehead atoms. The summed E-state index contributed by atoms with van der Waals surface area (Å²) in [6, 6.07) is 9.32. The molecule has 0 saturated carbocycles. The number of ether oxygens (including phenoxy) is 2. The quantitative estimate of drug-likeness (QED) is 0.354. The van der Waals surface area contributed by atoms with Gasteiger partial charge in [0.15, 0.2) is 23.1 Å². The molecule has 3 rings (SSSR count). The van der Waals surface area contributed by atoms with Gasteiger partial charge >= 0.3 is 12.0 Å². The number of nitrogens with two attached hydrogens (primary N) is 1. The van der Waals surface area contributed by atoms with E-state index in [1.165, 1.54) is 13.1 Å². The van der Waals surface area contributed by atoms with Crippen LogP contribution in [0.15, 0.2) is 42.6 Å². The Morgan fingerprint density at radius 2 is 1.60 bits per heavy atom. The minimum Gasteiger partial charge on any atom is -0.488 e. The molecule has 12 nitrogen and oxygen atoms in total. The van der Waals surface area contributed by atoms with Crippen LogP contribution in [0.5, 0.6) is 5.75 Å². The molecule has 0 saturated heterocycles. The summed E-state index contributed by atoms with van der Waals surface area (Å²) < 4.78 is 10.5. The highest BCUT2D eigenvalue weighted by Crippen LogP contribution is 2.28. The Morgan fingerprint density at radius 1 is 0.914 bits per heavy atom. The third-order valence-corrected chi connectivity index (χ3v) is 4.38. The van der Waals surface area contributed by atoms with Crippen molar-refractivity contribution in [1.29, 1.82) is 0 Å². The fraction of sp³-hybridized carbons (Fsp3) is 0.217. The standard InChI is InChI=1S/C23H25N7O5/c1-4-34-19-18(22(32)35-5-2)29-21(30-20(19)24)14-6-8-15(9-7-14)27-23(33)28-16-10-11-17(25-12-16)26-13(3)31/h6-12H,4-5H2,1-3H3,(H2,24,29,30)(H,25,26,31)(H2,27,28,33). The van der Waals surface area contributed by atoms with Crippen molar-refractivity contribution in [2.45, 2.75) is 20.8 Å². The van der Waals surface area contributed by atoms with Gasteiger partial charge in [-0.15, -0.1) is 0 Å². The average Bonchev–Trinajstić information content (AvgIpc) is 2.82. The third-order valence-electron chi connectivity index (χ3n) is 4.38. The van der Waals surface area contributed by atoms with E-state index in [2.05, 4.69) is 30.9 Å². The van der Waals surface area contributed by atoms with Gasteiger partial charge in [-0.25, -0.2) is 24.5 Å². The third kappa shape index (κ3) is 6.63. The highest BCUT2D eigenvalue weighted by atomic mass is 16.5. The van der Waals surface area contributed by atoms with Gasteiger partial charge in [0, 0.05) is 18.2 Å². The Labute approximate surface area is 201 Å². The Kier molecular flexibility index (Phi) is 8.11. The van der Waals surface area contributed by atoms with Crippen molar-refractivity contribution in [3.8, 4) is 17.1 Å². The van der Waals surface area contributed by atoms with Crippen molar-refractivity contribution in [1.82, 2.24) is 15.0 Å². The fourth-order valence-corrected chi connectivity index (χ4v) is 2.94. The molecule has 3 amide bonds. The zero-order valence-corrected chi connectivity index (χ0v) is 19.4. The predicted molar refractivity (Wildman–Crippen MR) is 130 cm³/mol. The van der Waals surface area contributed by atoms with Gasteiger partial charge in [-0.2, -0.15) is 0 Å². The van der Waals surface area contributed by atoms with E-state index in [1.54, 1.807) is 50.2 Å². The Morgan fingerprint density at radius 3 is 2.20 bits per heavy atom. The van der Waals surface area contributed by atoms with Crippen molar-refractivity contribution >= 4 is 40.9 Å². The number of rotatable bonds is 8. The number of amides is 3. The number of benzene rings is 1. The van der Waals surface area contributed by atoms with Crippen LogP contribution in [0.3, 0.4) is 0 Å². The molecule has 12 heteroatoms. The first-order valence-electron chi connectivity index (χ1n) is 10.7. The van der Waals surface area contributed by atoms with Gasteiger partial charge in [0.05, 0.1) is 25.1 Å². The van der Waals surface area contributed by atoms with E-state index >= 15 is 0 Å². The second-order valence-electron chi connectivity index (χ2n) is 7.03. The van der Waals surface area contributed by atoms with E-state index in [9.17, 15) is 14.4 Å². The fourth-order valence-electron chi connectivity index (χ4n) is 2.94. The molecule has 1 aromatic carbocycles. The summed E-state index contributed by atoms with van der Waals surface area (Å²) in [5.41, 5.74) is 7.45. The second kappa shape index (κ2) is 11.4. The van der Waals surface area contributed by atoms with Crippen molar-refractivity contribution in [2.75, 3.05) is 34.9 Å². The van der Waals surface area contributed by atoms with Gasteiger partial charge in [-0.05, 0) is 50.2 Å². The van der Waals surface area contributed by atoms with Crippen LogP contribution >= 0.6 is 0 Å². The summed E-state index contributed by atoms with van der Waals surface area (Å²) in [7, 11) is 0. The molecular weight excluding hydrogens is 454 g/mol. The molecule has 2 heterocycles. The zero-order valence-electron chi connectivity index (χ0n) is 19.4. The van der Waals surface area contributed by atoms with Crippen LogP contribution in [0, 0.1) is 0 Å². The first-order valence-corrected chi connectivity index (χ1v) is 10.7. The van der Waals surface area contributed by atoms with E-state index in [-0.39, 0.29) is 42.2 Å². The maximum atomic E-state index is 12.3. The summed E-state index contributed by atoms with van der Waals surface area (Å²) in [5.74, 6) is -0.239. The van der Waals surface area contributed by atoms with Crippen molar-refractivity contribution in [2.24, 2.45) is 0 Å². The molecule has 5 N–H and O–H groups in total. The number of carbonyl (C=O) groups is 3. The second-order valence-corrected chi connectivity index (χ2v) is 7.03. The van der Waals surface area contributed by atoms with E-state index in [4.69, 9.17) is 15.2 Å². The monoisotopic (exact) mass is 479 g/mol. The lowest BCUT2D eigenvalue weighted by Crippen LogP contribution is -2.19. The van der Waals surface area contributed by atoms with Crippen LogP contribution < -0.4 is 26.4 Å². The average molecular weight is 479 g/mol. The van der Waals surface area contributed by atoms with E-state index in [0.717, 1.165) is 0 Å². The lowest BCUT2D eigenvalue weighted by atomic mass is 10.2. The van der Waals surface area contributed by atoms with Crippen LogP contribution in [0.2, 0.25) is 0 Å². The van der Waals surface area contributed by atoms with Gasteiger partial charge < -0.3 is 31.2 Å². The van der Waals surface area contributed by atoms with Crippen molar-refractivity contribution in [3.63, 3.8) is 0 Å². The molecule has 2 aromatic heterocycles. The topological polar surface area (TPSA) is 170 Å². The molecule has 0 fully saturated rings. The minimum atomic E-state index is -0.666. The Balaban J connectivity index is 1.72. The predicted octanol–water partition coefficient (Wildman–Crippen LogP) is 3.30. The summed E-state index contributed by atoms with van der Waals surface area (Å²) in [6.07, 6.45) is 1.42. The van der Waals surface area contributed by atoms with Crippen molar-refractivity contribution < 1.29 is 23.9 Å². The molecular formula is C23H25N7O5. The number of aromatic nitrogens is 3. The number of hydrogen-bond acceptors (Lipinski definition) is 9. The van der Waals surface area contributed by atoms with E-state index in [1.807, 2.05) is 0 Å². The zero-order chi connectivity index (χ0) is 25.4. The molecule has 0 aliphatic carbocycles. The lowest BCUT2D eigenvalue weighted by molar-refractivity contribution is -0.114. The number of nitrogen functional groups attached to an aromatic ring is 1.